The van der Waals surface area contributed by atoms with Crippen molar-refractivity contribution in [2.45, 2.75) is 51.7 Å². The van der Waals surface area contributed by atoms with Crippen molar-refractivity contribution in [2.24, 2.45) is 4.99 Å². The molecule has 0 fully saturated rings. The molecule has 6 nitrogen and oxygen atoms in total. The Morgan fingerprint density at radius 2 is 1.66 bits per heavy atom. The summed E-state index contributed by atoms with van der Waals surface area (Å²) in [6, 6.07) is 22.8. The third kappa shape index (κ3) is 3.89. The molecule has 2 heterocycles. The lowest BCUT2D eigenvalue weighted by atomic mass is 9.87. The number of aliphatic imine (C=N–C) groups is 1. The number of carbonyl (C=O) groups is 2. The van der Waals surface area contributed by atoms with Crippen LogP contribution in [-0.4, -0.2) is 28.1 Å². The molecule has 3 aromatic carbocycles. The molecule has 0 unspecified atom stereocenters. The molecule has 1 aromatic heterocycles. The molecule has 1 aliphatic heterocycles. The second-order valence-electron chi connectivity index (χ2n) is 9.83. The molecular formula is C29H28N2O4. The van der Waals surface area contributed by atoms with Crippen molar-refractivity contribution in [3.05, 3.63) is 83.9 Å². The lowest BCUT2D eigenvalue weighted by molar-refractivity contribution is -0.132. The molecule has 4 aromatic rings. The van der Waals surface area contributed by atoms with Gasteiger partial charge in [-0.15, -0.1) is 0 Å². The molecule has 178 valence electrons. The molecule has 0 N–H and O–H groups in total. The highest BCUT2D eigenvalue weighted by Gasteiger charge is 2.48. The minimum absolute atomic E-state index is 0.312. The van der Waals surface area contributed by atoms with E-state index >= 15 is 0 Å². The molecule has 35 heavy (non-hydrogen) atoms. The van der Waals surface area contributed by atoms with Gasteiger partial charge in [-0.2, -0.15) is 4.99 Å². The first kappa shape index (κ1) is 22.8. The summed E-state index contributed by atoms with van der Waals surface area (Å²) < 4.78 is 13.6. The van der Waals surface area contributed by atoms with Crippen LogP contribution in [-0.2, 0) is 19.9 Å². The van der Waals surface area contributed by atoms with Crippen LogP contribution in [0, 0.1) is 0 Å². The Kier molecular flexibility index (Phi) is 5.47. The molecule has 1 aliphatic rings. The fourth-order valence-electron chi connectivity index (χ4n) is 4.68. The van der Waals surface area contributed by atoms with Crippen molar-refractivity contribution in [1.29, 1.82) is 0 Å². The first-order valence-electron chi connectivity index (χ1n) is 11.9. The zero-order valence-corrected chi connectivity index (χ0v) is 20.4. The smallest absolute Gasteiger partial charge is 0.419 e. The minimum Gasteiger partial charge on any atom is -0.455 e. The monoisotopic (exact) mass is 468 g/mol. The number of nitrogens with zero attached hydrogens (tertiary/aromatic N) is 2. The number of amides is 1. The number of fused-ring (bicyclic) bond motifs is 3. The largest absolute Gasteiger partial charge is 0.455 e. The summed E-state index contributed by atoms with van der Waals surface area (Å²) in [4.78, 5) is 30.8. The predicted molar refractivity (Wildman–Crippen MR) is 137 cm³/mol. The second kappa shape index (κ2) is 8.38. The Morgan fingerprint density at radius 3 is 2.37 bits per heavy atom. The lowest BCUT2D eigenvalue weighted by Gasteiger charge is -2.27. The number of ether oxygens (including phenoxy) is 2. The third-order valence-corrected chi connectivity index (χ3v) is 6.16. The maximum Gasteiger partial charge on any atom is 0.419 e. The van der Waals surface area contributed by atoms with E-state index in [4.69, 9.17) is 9.47 Å². The average molecular weight is 469 g/mol. The summed E-state index contributed by atoms with van der Waals surface area (Å²) in [5.74, 6) is 0.0220. The van der Waals surface area contributed by atoms with Crippen LogP contribution in [0.3, 0.4) is 0 Å². The number of para-hydroxylation sites is 1. The summed E-state index contributed by atoms with van der Waals surface area (Å²) in [6.07, 6.45) is 0.783. The summed E-state index contributed by atoms with van der Waals surface area (Å²) in [7, 11) is 0. The molecule has 1 atom stereocenters. The predicted octanol–water partition coefficient (Wildman–Crippen LogP) is 6.58. The van der Waals surface area contributed by atoms with Crippen molar-refractivity contribution in [3.8, 4) is 0 Å². The van der Waals surface area contributed by atoms with E-state index in [1.807, 2.05) is 100 Å². The molecular weight excluding hydrogens is 440 g/mol. The molecule has 0 saturated heterocycles. The zero-order valence-electron chi connectivity index (χ0n) is 20.4. The number of benzene rings is 3. The molecule has 0 spiro atoms. The van der Waals surface area contributed by atoms with Gasteiger partial charge in [0.1, 0.15) is 5.60 Å². The van der Waals surface area contributed by atoms with Crippen LogP contribution < -0.4 is 0 Å². The van der Waals surface area contributed by atoms with Gasteiger partial charge in [0, 0.05) is 28.3 Å². The van der Waals surface area contributed by atoms with Crippen molar-refractivity contribution < 1.29 is 19.1 Å². The van der Waals surface area contributed by atoms with Crippen LogP contribution in [0.15, 0.2) is 77.8 Å². The maximum absolute atomic E-state index is 13.3. The van der Waals surface area contributed by atoms with E-state index in [-0.39, 0.29) is 5.91 Å². The summed E-state index contributed by atoms with van der Waals surface area (Å²) >= 11 is 0. The Hall–Kier alpha value is -3.93. The van der Waals surface area contributed by atoms with Gasteiger partial charge in [0.25, 0.3) is 5.91 Å². The van der Waals surface area contributed by atoms with E-state index in [2.05, 4.69) is 4.99 Å². The van der Waals surface area contributed by atoms with Crippen molar-refractivity contribution in [3.63, 3.8) is 0 Å². The van der Waals surface area contributed by atoms with Crippen LogP contribution in [0.5, 0.6) is 0 Å². The highest BCUT2D eigenvalue weighted by molar-refractivity contribution is 6.14. The maximum atomic E-state index is 13.3. The highest BCUT2D eigenvalue weighted by atomic mass is 16.6. The van der Waals surface area contributed by atoms with Gasteiger partial charge in [-0.05, 0) is 51.1 Å². The van der Waals surface area contributed by atoms with Gasteiger partial charge in [0.05, 0.1) is 11.0 Å². The van der Waals surface area contributed by atoms with E-state index in [1.54, 1.807) is 4.57 Å². The average Bonchev–Trinajstić information content (AvgIpc) is 3.34. The first-order chi connectivity index (χ1) is 16.7. The number of aromatic nitrogens is 1. The Morgan fingerprint density at radius 1 is 0.971 bits per heavy atom. The molecule has 6 heteroatoms. The number of hydrogen-bond acceptors (Lipinski definition) is 4. The van der Waals surface area contributed by atoms with Crippen molar-refractivity contribution in [2.75, 3.05) is 0 Å². The van der Waals surface area contributed by atoms with E-state index in [1.165, 1.54) is 0 Å². The van der Waals surface area contributed by atoms with E-state index in [0.29, 0.717) is 17.8 Å². The Labute approximate surface area is 204 Å². The Balaban J connectivity index is 1.66. The molecule has 0 aliphatic carbocycles. The Bertz CT molecular complexity index is 1480. The molecule has 1 amide bonds. The fourth-order valence-corrected chi connectivity index (χ4v) is 4.68. The van der Waals surface area contributed by atoms with E-state index < -0.39 is 17.3 Å². The quantitative estimate of drug-likeness (QED) is 0.339. The van der Waals surface area contributed by atoms with Crippen LogP contribution >= 0.6 is 0 Å². The lowest BCUT2D eigenvalue weighted by Crippen LogP contribution is -2.34. The van der Waals surface area contributed by atoms with Gasteiger partial charge in [-0.25, -0.2) is 9.36 Å². The van der Waals surface area contributed by atoms with Gasteiger partial charge < -0.3 is 9.47 Å². The van der Waals surface area contributed by atoms with Crippen LogP contribution in [0.4, 0.5) is 4.79 Å². The van der Waals surface area contributed by atoms with Crippen molar-refractivity contribution >= 4 is 39.7 Å². The van der Waals surface area contributed by atoms with Gasteiger partial charge in [-0.1, -0.05) is 55.8 Å². The van der Waals surface area contributed by atoms with Gasteiger partial charge >= 0.3 is 6.09 Å². The first-order valence-corrected chi connectivity index (χ1v) is 11.9. The van der Waals surface area contributed by atoms with E-state index in [9.17, 15) is 9.59 Å². The summed E-state index contributed by atoms with van der Waals surface area (Å²) in [6.45, 7) is 7.56. The fraction of sp³-hybridized carbons (Fsp3) is 0.276. The summed E-state index contributed by atoms with van der Waals surface area (Å²) in [5.41, 5.74) is 1.11. The number of hydrogen-bond donors (Lipinski definition) is 0. The standard InChI is InChI=1S/C29H28N2O4/c1-5-17-29(26(32)30-25(34-29)19-11-7-6-8-12-19)20-15-16-24-22(18-20)21-13-9-10-14-23(21)31(24)27(33)35-28(2,3)4/h6-16,18H,5,17H2,1-4H3/t29-/m1/s1. The zero-order chi connectivity index (χ0) is 24.8. The minimum atomic E-state index is -1.21. The van der Waals surface area contributed by atoms with E-state index in [0.717, 1.165) is 33.8 Å². The molecule has 5 rings (SSSR count). The van der Waals surface area contributed by atoms with Gasteiger partial charge in [-0.3, -0.25) is 4.79 Å². The molecule has 0 radical (unpaired) electrons. The third-order valence-electron chi connectivity index (χ3n) is 6.16. The van der Waals surface area contributed by atoms with Crippen LogP contribution in [0.25, 0.3) is 21.8 Å². The topological polar surface area (TPSA) is 69.9 Å². The normalized spacial score (nSPS) is 18.1. The van der Waals surface area contributed by atoms with Gasteiger partial charge in [0.2, 0.25) is 11.5 Å². The number of rotatable bonds is 4. The van der Waals surface area contributed by atoms with Gasteiger partial charge in [0.15, 0.2) is 0 Å². The highest BCUT2D eigenvalue weighted by Crippen LogP contribution is 2.40. The molecule has 0 bridgehead atoms. The van der Waals surface area contributed by atoms with Crippen molar-refractivity contribution in [1.82, 2.24) is 4.57 Å². The van der Waals surface area contributed by atoms with Crippen LogP contribution in [0.2, 0.25) is 0 Å². The number of carbonyl (C=O) groups excluding carboxylic acids is 2. The second-order valence-corrected chi connectivity index (χ2v) is 9.83. The molecule has 0 saturated carbocycles. The summed E-state index contributed by atoms with van der Waals surface area (Å²) in [5, 5.41) is 1.75. The van der Waals surface area contributed by atoms with Crippen LogP contribution in [0.1, 0.15) is 51.7 Å². The SMILES string of the molecule is CCC[C@]1(c2ccc3c(c2)c2ccccc2n3C(=O)OC(C)(C)C)OC(c2ccccc2)=NC1=O.